The van der Waals surface area contributed by atoms with Gasteiger partial charge in [-0.25, -0.2) is 9.37 Å². The van der Waals surface area contributed by atoms with Gasteiger partial charge in [-0.15, -0.1) is 0 Å². The Morgan fingerprint density at radius 2 is 2.40 bits per heavy atom. The summed E-state index contributed by atoms with van der Waals surface area (Å²) in [6.45, 7) is 1.87. The molecule has 3 heteroatoms. The van der Waals surface area contributed by atoms with Crippen LogP contribution in [0, 0.1) is 5.82 Å². The summed E-state index contributed by atoms with van der Waals surface area (Å²) in [4.78, 5) is 3.59. The third kappa shape index (κ3) is 1.07. The van der Waals surface area contributed by atoms with E-state index in [1.54, 1.807) is 6.07 Å². The zero-order valence-electron chi connectivity index (χ0n) is 5.76. The van der Waals surface area contributed by atoms with Crippen molar-refractivity contribution in [2.75, 3.05) is 5.73 Å². The Labute approximate surface area is 58.9 Å². The van der Waals surface area contributed by atoms with E-state index < -0.39 is 0 Å². The zero-order chi connectivity index (χ0) is 7.56. The van der Waals surface area contributed by atoms with E-state index in [2.05, 4.69) is 4.98 Å². The van der Waals surface area contributed by atoms with Crippen molar-refractivity contribution < 1.29 is 4.39 Å². The summed E-state index contributed by atoms with van der Waals surface area (Å²) >= 11 is 0. The Morgan fingerprint density at radius 3 is 2.90 bits per heavy atom. The first-order valence-corrected chi connectivity index (χ1v) is 3.14. The van der Waals surface area contributed by atoms with Gasteiger partial charge in [-0.05, 0) is 18.1 Å². The van der Waals surface area contributed by atoms with Crippen molar-refractivity contribution >= 4 is 5.82 Å². The normalized spacial score (nSPS) is 9.80. The predicted molar refractivity (Wildman–Crippen MR) is 38.0 cm³/mol. The highest BCUT2D eigenvalue weighted by Crippen LogP contribution is 2.11. The molecule has 1 rings (SSSR count). The first kappa shape index (κ1) is 6.99. The fourth-order valence-corrected chi connectivity index (χ4v) is 0.775. The number of pyridine rings is 1. The van der Waals surface area contributed by atoms with Gasteiger partial charge in [0.25, 0.3) is 0 Å². The number of halogens is 1. The minimum absolute atomic E-state index is 0.0145. The summed E-state index contributed by atoms with van der Waals surface area (Å²) in [5.74, 6) is -0.399. The van der Waals surface area contributed by atoms with E-state index in [0.29, 0.717) is 12.0 Å². The van der Waals surface area contributed by atoms with Crippen LogP contribution in [-0.2, 0) is 6.42 Å². The molecular weight excluding hydrogens is 131 g/mol. The second kappa shape index (κ2) is 2.64. The van der Waals surface area contributed by atoms with Crippen LogP contribution in [-0.4, -0.2) is 4.98 Å². The fraction of sp³-hybridized carbons (Fsp3) is 0.286. The monoisotopic (exact) mass is 140 g/mol. The molecule has 0 bridgehead atoms. The molecule has 1 heterocycles. The highest BCUT2D eigenvalue weighted by molar-refractivity contribution is 5.34. The van der Waals surface area contributed by atoms with E-state index in [1.165, 1.54) is 6.20 Å². The van der Waals surface area contributed by atoms with E-state index in [1.807, 2.05) is 6.92 Å². The number of aryl methyl sites for hydroxylation is 1. The molecule has 0 amide bonds. The van der Waals surface area contributed by atoms with Crippen LogP contribution in [0.15, 0.2) is 12.3 Å². The molecule has 0 radical (unpaired) electrons. The number of rotatable bonds is 1. The molecule has 2 N–H and O–H groups in total. The van der Waals surface area contributed by atoms with Crippen molar-refractivity contribution in [1.29, 1.82) is 0 Å². The smallest absolute Gasteiger partial charge is 0.168 e. The third-order valence-corrected chi connectivity index (χ3v) is 1.38. The van der Waals surface area contributed by atoms with E-state index in [9.17, 15) is 4.39 Å². The Balaban J connectivity index is 3.14. The maximum absolute atomic E-state index is 12.8. The van der Waals surface area contributed by atoms with Gasteiger partial charge in [0, 0.05) is 6.20 Å². The van der Waals surface area contributed by atoms with Gasteiger partial charge in [-0.1, -0.05) is 6.92 Å². The molecule has 0 aliphatic carbocycles. The summed E-state index contributed by atoms with van der Waals surface area (Å²) in [7, 11) is 0. The highest BCUT2D eigenvalue weighted by Gasteiger charge is 2.02. The number of nitrogen functional groups attached to an aromatic ring is 1. The molecular formula is C7H9FN2. The van der Waals surface area contributed by atoms with Crippen molar-refractivity contribution in [3.8, 4) is 0 Å². The van der Waals surface area contributed by atoms with Crippen molar-refractivity contribution in [3.63, 3.8) is 0 Å². The van der Waals surface area contributed by atoms with Gasteiger partial charge in [-0.3, -0.25) is 0 Å². The lowest BCUT2D eigenvalue weighted by molar-refractivity contribution is 0.611. The third-order valence-electron chi connectivity index (χ3n) is 1.38. The van der Waals surface area contributed by atoms with Crippen LogP contribution in [0.3, 0.4) is 0 Å². The molecule has 0 saturated carbocycles. The van der Waals surface area contributed by atoms with Crippen LogP contribution in [0.25, 0.3) is 0 Å². The number of aromatic nitrogens is 1. The van der Waals surface area contributed by atoms with E-state index in [0.717, 1.165) is 0 Å². The van der Waals surface area contributed by atoms with Crippen LogP contribution in [0.4, 0.5) is 10.2 Å². The summed E-state index contributed by atoms with van der Waals surface area (Å²) < 4.78 is 12.8. The van der Waals surface area contributed by atoms with Gasteiger partial charge in [0.15, 0.2) is 11.6 Å². The predicted octanol–water partition coefficient (Wildman–Crippen LogP) is 1.37. The van der Waals surface area contributed by atoms with Crippen LogP contribution >= 0.6 is 0 Å². The molecule has 0 saturated heterocycles. The van der Waals surface area contributed by atoms with Crippen molar-refractivity contribution in [1.82, 2.24) is 4.98 Å². The summed E-state index contributed by atoms with van der Waals surface area (Å²) in [6, 6.07) is 1.63. The largest absolute Gasteiger partial charge is 0.381 e. The molecule has 1 aromatic heterocycles. The second-order valence-corrected chi connectivity index (χ2v) is 2.02. The Morgan fingerprint density at radius 1 is 1.70 bits per heavy atom. The lowest BCUT2D eigenvalue weighted by Crippen LogP contribution is -1.97. The standard InChI is InChI=1S/C7H9FN2/c1-2-5-3-4-10-7(9)6(5)8/h3-4H,2H2,1H3,(H2,9,10). The zero-order valence-corrected chi connectivity index (χ0v) is 5.76. The number of nitrogens with two attached hydrogens (primary N) is 1. The van der Waals surface area contributed by atoms with Crippen LogP contribution in [0.1, 0.15) is 12.5 Å². The number of nitrogens with zero attached hydrogens (tertiary/aromatic N) is 1. The van der Waals surface area contributed by atoms with Crippen molar-refractivity contribution in [2.45, 2.75) is 13.3 Å². The van der Waals surface area contributed by atoms with Crippen LogP contribution in [0.5, 0.6) is 0 Å². The molecule has 0 aliphatic heterocycles. The molecule has 0 unspecified atom stereocenters. The molecule has 54 valence electrons. The number of hydrogen-bond acceptors (Lipinski definition) is 2. The minimum Gasteiger partial charge on any atom is -0.381 e. The molecule has 1 aromatic rings. The Bertz CT molecular complexity index is 235. The van der Waals surface area contributed by atoms with Gasteiger partial charge in [0.1, 0.15) is 0 Å². The summed E-state index contributed by atoms with van der Waals surface area (Å²) in [5, 5.41) is 0. The number of anilines is 1. The molecule has 2 nitrogen and oxygen atoms in total. The van der Waals surface area contributed by atoms with Gasteiger partial charge < -0.3 is 5.73 Å². The van der Waals surface area contributed by atoms with Gasteiger partial charge in [-0.2, -0.15) is 0 Å². The van der Waals surface area contributed by atoms with Crippen molar-refractivity contribution in [3.05, 3.63) is 23.6 Å². The minimum atomic E-state index is -0.384. The maximum atomic E-state index is 12.8. The molecule has 0 aromatic carbocycles. The van der Waals surface area contributed by atoms with Crippen LogP contribution < -0.4 is 5.73 Å². The SMILES string of the molecule is CCc1ccnc(N)c1F. The average molecular weight is 140 g/mol. The molecule has 0 aliphatic rings. The van der Waals surface area contributed by atoms with Gasteiger partial charge in [0.05, 0.1) is 0 Å². The topological polar surface area (TPSA) is 38.9 Å². The number of hydrogen-bond donors (Lipinski definition) is 1. The molecule has 0 fully saturated rings. The fourth-order valence-electron chi connectivity index (χ4n) is 0.775. The Hall–Kier alpha value is -1.12. The summed E-state index contributed by atoms with van der Waals surface area (Å²) in [6.07, 6.45) is 2.16. The lowest BCUT2D eigenvalue weighted by atomic mass is 10.2. The molecule has 10 heavy (non-hydrogen) atoms. The average Bonchev–Trinajstić information content (AvgIpc) is 1.95. The first-order chi connectivity index (χ1) is 4.75. The first-order valence-electron chi connectivity index (χ1n) is 3.14. The quantitative estimate of drug-likeness (QED) is 0.639. The van der Waals surface area contributed by atoms with Gasteiger partial charge >= 0.3 is 0 Å². The highest BCUT2D eigenvalue weighted by atomic mass is 19.1. The van der Waals surface area contributed by atoms with E-state index >= 15 is 0 Å². The van der Waals surface area contributed by atoms with E-state index in [-0.39, 0.29) is 11.6 Å². The van der Waals surface area contributed by atoms with E-state index in [4.69, 9.17) is 5.73 Å². The molecule has 0 atom stereocenters. The second-order valence-electron chi connectivity index (χ2n) is 2.02. The van der Waals surface area contributed by atoms with Gasteiger partial charge in [0.2, 0.25) is 0 Å². The van der Waals surface area contributed by atoms with Crippen LogP contribution in [0.2, 0.25) is 0 Å². The van der Waals surface area contributed by atoms with Crippen molar-refractivity contribution in [2.24, 2.45) is 0 Å². The molecule has 0 spiro atoms. The maximum Gasteiger partial charge on any atom is 0.168 e. The lowest BCUT2D eigenvalue weighted by Gasteiger charge is -1.99. The Kier molecular flexibility index (Phi) is 1.85. The summed E-state index contributed by atoms with van der Waals surface area (Å²) in [5.41, 5.74) is 5.83.